The van der Waals surface area contributed by atoms with Gasteiger partial charge in [0, 0.05) is 17.3 Å². The Morgan fingerprint density at radius 2 is 1.64 bits per heavy atom. The zero-order chi connectivity index (χ0) is 17.6. The number of amides is 1. The van der Waals surface area contributed by atoms with Gasteiger partial charge < -0.3 is 15.8 Å². The number of carbonyl (C=O) groups excluding carboxylic acids is 1. The van der Waals surface area contributed by atoms with E-state index in [2.05, 4.69) is 5.32 Å². The van der Waals surface area contributed by atoms with Crippen molar-refractivity contribution in [1.29, 1.82) is 0 Å². The highest BCUT2D eigenvalue weighted by Gasteiger charge is 2.08. The van der Waals surface area contributed by atoms with Gasteiger partial charge in [-0.15, -0.1) is 0 Å². The van der Waals surface area contributed by atoms with Crippen LogP contribution in [0.25, 0.3) is 0 Å². The molecule has 3 N–H and O–H groups in total. The molecular weight excluding hydrogens is 336 g/mol. The summed E-state index contributed by atoms with van der Waals surface area (Å²) < 4.78 is 5.76. The molecule has 0 heterocycles. The van der Waals surface area contributed by atoms with Crippen LogP contribution in [-0.2, 0) is 6.54 Å². The monoisotopic (exact) mass is 352 g/mol. The number of anilines is 1. The van der Waals surface area contributed by atoms with Crippen molar-refractivity contribution in [2.45, 2.75) is 6.54 Å². The van der Waals surface area contributed by atoms with Gasteiger partial charge in [-0.2, -0.15) is 0 Å². The van der Waals surface area contributed by atoms with Crippen molar-refractivity contribution < 1.29 is 9.53 Å². The fraction of sp³-hybridized carbons (Fsp3) is 0.0500. The first-order valence-corrected chi connectivity index (χ1v) is 8.15. The van der Waals surface area contributed by atoms with E-state index in [4.69, 9.17) is 22.1 Å². The number of hydrogen-bond acceptors (Lipinski definition) is 3. The van der Waals surface area contributed by atoms with Crippen LogP contribution in [0.15, 0.2) is 72.8 Å². The first kappa shape index (κ1) is 16.9. The number of carbonyl (C=O) groups is 1. The van der Waals surface area contributed by atoms with E-state index in [-0.39, 0.29) is 0 Å². The van der Waals surface area contributed by atoms with Crippen molar-refractivity contribution in [2.24, 2.45) is 5.73 Å². The summed E-state index contributed by atoms with van der Waals surface area (Å²) in [5, 5.41) is 3.68. The number of rotatable bonds is 6. The molecule has 1 amide bonds. The van der Waals surface area contributed by atoms with E-state index in [1.165, 1.54) is 0 Å². The van der Waals surface area contributed by atoms with Gasteiger partial charge in [-0.25, -0.2) is 0 Å². The average Bonchev–Trinajstić information content (AvgIpc) is 2.62. The maximum atomic E-state index is 11.5. The Labute approximate surface area is 151 Å². The number of para-hydroxylation sites is 1. The third kappa shape index (κ3) is 4.52. The predicted molar refractivity (Wildman–Crippen MR) is 100 cm³/mol. The van der Waals surface area contributed by atoms with Crippen LogP contribution in [0.2, 0.25) is 5.02 Å². The fourth-order valence-corrected chi connectivity index (χ4v) is 2.54. The first-order chi connectivity index (χ1) is 12.1. The fourth-order valence-electron chi connectivity index (χ4n) is 2.37. The molecule has 0 fully saturated rings. The molecule has 0 radical (unpaired) electrons. The molecule has 126 valence electrons. The molecule has 4 nitrogen and oxygen atoms in total. The molecule has 0 aliphatic carbocycles. The summed E-state index contributed by atoms with van der Waals surface area (Å²) in [6.45, 7) is 0.549. The highest BCUT2D eigenvalue weighted by atomic mass is 35.5. The number of hydrogen-bond donors (Lipinski definition) is 2. The van der Waals surface area contributed by atoms with Crippen LogP contribution in [0, 0.1) is 0 Å². The molecule has 3 rings (SSSR count). The summed E-state index contributed by atoms with van der Waals surface area (Å²) in [4.78, 5) is 11.5. The van der Waals surface area contributed by atoms with E-state index in [0.29, 0.717) is 22.8 Å². The van der Waals surface area contributed by atoms with Crippen LogP contribution in [0.5, 0.6) is 11.5 Å². The Morgan fingerprint density at radius 1 is 0.960 bits per heavy atom. The molecule has 5 heteroatoms. The van der Waals surface area contributed by atoms with Gasteiger partial charge in [-0.3, -0.25) is 4.79 Å². The second-order valence-electron chi connectivity index (χ2n) is 5.47. The van der Waals surface area contributed by atoms with Gasteiger partial charge >= 0.3 is 0 Å². The molecule has 0 saturated carbocycles. The lowest BCUT2D eigenvalue weighted by molar-refractivity contribution is 0.100. The predicted octanol–water partition coefficient (Wildman–Crippen LogP) is 4.84. The molecule has 0 unspecified atom stereocenters. The third-order valence-corrected chi connectivity index (χ3v) is 3.87. The van der Waals surface area contributed by atoms with Crippen LogP contribution in [-0.4, -0.2) is 5.91 Å². The van der Waals surface area contributed by atoms with Crippen LogP contribution in [0.4, 0.5) is 5.69 Å². The normalized spacial score (nSPS) is 10.3. The van der Waals surface area contributed by atoms with Crippen molar-refractivity contribution >= 4 is 23.2 Å². The van der Waals surface area contributed by atoms with Crippen LogP contribution < -0.4 is 15.8 Å². The van der Waals surface area contributed by atoms with Crippen molar-refractivity contribution in [3.05, 3.63) is 88.9 Å². The minimum Gasteiger partial charge on any atom is -0.457 e. The molecular formula is C20H17ClN2O2. The summed E-state index contributed by atoms with van der Waals surface area (Å²) in [7, 11) is 0. The van der Waals surface area contributed by atoms with E-state index in [1.807, 2.05) is 54.6 Å². The van der Waals surface area contributed by atoms with Gasteiger partial charge in [0.05, 0.1) is 5.56 Å². The number of primary amides is 1. The molecule has 0 atom stereocenters. The molecule has 0 spiro atoms. The van der Waals surface area contributed by atoms with E-state index in [9.17, 15) is 4.79 Å². The van der Waals surface area contributed by atoms with Crippen LogP contribution in [0.3, 0.4) is 0 Å². The number of halogens is 1. The Kier molecular flexibility index (Phi) is 5.21. The molecule has 0 saturated heterocycles. The summed E-state index contributed by atoms with van der Waals surface area (Å²) in [6.07, 6.45) is 0. The zero-order valence-electron chi connectivity index (χ0n) is 13.4. The average molecular weight is 353 g/mol. The molecule has 0 aliphatic heterocycles. The lowest BCUT2D eigenvalue weighted by Gasteiger charge is -2.11. The van der Waals surface area contributed by atoms with Crippen molar-refractivity contribution in [2.75, 3.05) is 5.32 Å². The maximum absolute atomic E-state index is 11.5. The summed E-state index contributed by atoms with van der Waals surface area (Å²) in [5.74, 6) is 1.04. The second-order valence-corrected chi connectivity index (χ2v) is 5.90. The number of benzene rings is 3. The van der Waals surface area contributed by atoms with Crippen molar-refractivity contribution in [3.63, 3.8) is 0 Å². The summed E-state index contributed by atoms with van der Waals surface area (Å²) in [6, 6.07) is 22.4. The second kappa shape index (κ2) is 7.73. The number of nitrogens with one attached hydrogen (secondary N) is 1. The van der Waals surface area contributed by atoms with Gasteiger partial charge in [0.1, 0.15) is 11.5 Å². The first-order valence-electron chi connectivity index (χ1n) is 7.77. The molecule has 25 heavy (non-hydrogen) atoms. The van der Waals surface area contributed by atoms with Gasteiger partial charge in [0.15, 0.2) is 0 Å². The Bertz CT molecular complexity index is 865. The third-order valence-electron chi connectivity index (χ3n) is 3.63. The van der Waals surface area contributed by atoms with Crippen molar-refractivity contribution in [3.8, 4) is 11.5 Å². The Balaban J connectivity index is 1.65. The lowest BCUT2D eigenvalue weighted by atomic mass is 10.1. The molecule has 3 aromatic carbocycles. The van der Waals surface area contributed by atoms with Crippen molar-refractivity contribution in [1.82, 2.24) is 0 Å². The van der Waals surface area contributed by atoms with Gasteiger partial charge in [-0.1, -0.05) is 41.9 Å². The van der Waals surface area contributed by atoms with E-state index in [1.54, 1.807) is 18.2 Å². The lowest BCUT2D eigenvalue weighted by Crippen LogP contribution is -2.14. The van der Waals surface area contributed by atoms with Crippen LogP contribution in [0.1, 0.15) is 15.9 Å². The standard InChI is InChI=1S/C20H17ClN2O2/c21-15-8-11-19(18(12-15)20(22)24)23-13-14-6-9-17(10-7-14)25-16-4-2-1-3-5-16/h1-12,23H,13H2,(H2,22,24). The maximum Gasteiger partial charge on any atom is 0.250 e. The molecule has 0 aromatic heterocycles. The molecule has 0 aliphatic rings. The quantitative estimate of drug-likeness (QED) is 0.667. The topological polar surface area (TPSA) is 64.4 Å². The highest BCUT2D eigenvalue weighted by Crippen LogP contribution is 2.23. The largest absolute Gasteiger partial charge is 0.457 e. The highest BCUT2D eigenvalue weighted by molar-refractivity contribution is 6.31. The molecule has 0 bridgehead atoms. The van der Waals surface area contributed by atoms with Crippen LogP contribution >= 0.6 is 11.6 Å². The van der Waals surface area contributed by atoms with Gasteiger partial charge in [0.25, 0.3) is 5.91 Å². The Morgan fingerprint density at radius 3 is 2.32 bits per heavy atom. The van der Waals surface area contributed by atoms with E-state index in [0.717, 1.165) is 17.1 Å². The SMILES string of the molecule is NC(=O)c1cc(Cl)ccc1NCc1ccc(Oc2ccccc2)cc1. The van der Waals surface area contributed by atoms with Gasteiger partial charge in [-0.05, 0) is 48.0 Å². The zero-order valence-corrected chi connectivity index (χ0v) is 14.2. The molecule has 3 aromatic rings. The van der Waals surface area contributed by atoms with Gasteiger partial charge in [0.2, 0.25) is 0 Å². The number of nitrogens with two attached hydrogens (primary N) is 1. The smallest absolute Gasteiger partial charge is 0.250 e. The van der Waals surface area contributed by atoms with E-state index < -0.39 is 5.91 Å². The summed E-state index contributed by atoms with van der Waals surface area (Å²) in [5.41, 5.74) is 7.46. The summed E-state index contributed by atoms with van der Waals surface area (Å²) >= 11 is 5.91. The van der Waals surface area contributed by atoms with E-state index >= 15 is 0 Å². The minimum atomic E-state index is -0.517. The Hall–Kier alpha value is -2.98. The minimum absolute atomic E-state index is 0.372. The number of ether oxygens (including phenoxy) is 1.